The molecule has 0 radical (unpaired) electrons. The maximum atomic E-state index is 12.7. The van der Waals surface area contributed by atoms with Gasteiger partial charge in [-0.15, -0.1) is 0 Å². The Labute approximate surface area is 128 Å². The average Bonchev–Trinajstić information content (AvgIpc) is 2.77. The fraction of sp³-hybridized carbons (Fsp3) is 0.500. The SMILES string of the molecule is COCCn1c(-c2ccc(C)n(C(C)C)c2=O)n[nH]c1=S. The van der Waals surface area contributed by atoms with E-state index in [1.54, 1.807) is 22.3 Å². The van der Waals surface area contributed by atoms with Gasteiger partial charge in [0.1, 0.15) is 0 Å². The molecule has 0 aliphatic carbocycles. The molecule has 2 rings (SSSR count). The first-order valence-electron chi connectivity index (χ1n) is 6.84. The molecule has 6 nitrogen and oxygen atoms in total. The van der Waals surface area contributed by atoms with E-state index in [1.807, 2.05) is 26.8 Å². The lowest BCUT2D eigenvalue weighted by molar-refractivity contribution is 0.187. The maximum Gasteiger partial charge on any atom is 0.262 e. The van der Waals surface area contributed by atoms with Gasteiger partial charge in [0.05, 0.1) is 18.7 Å². The first-order chi connectivity index (χ1) is 9.97. The van der Waals surface area contributed by atoms with Crippen molar-refractivity contribution in [2.45, 2.75) is 33.4 Å². The van der Waals surface area contributed by atoms with E-state index in [-0.39, 0.29) is 11.6 Å². The van der Waals surface area contributed by atoms with E-state index in [0.29, 0.717) is 29.3 Å². The number of rotatable bonds is 5. The number of methoxy groups -OCH3 is 1. The maximum absolute atomic E-state index is 12.7. The molecule has 0 unspecified atom stereocenters. The monoisotopic (exact) mass is 308 g/mol. The van der Waals surface area contributed by atoms with Crippen molar-refractivity contribution in [3.63, 3.8) is 0 Å². The van der Waals surface area contributed by atoms with E-state index in [1.165, 1.54) is 0 Å². The highest BCUT2D eigenvalue weighted by atomic mass is 32.1. The van der Waals surface area contributed by atoms with Gasteiger partial charge in [0, 0.05) is 18.8 Å². The molecule has 21 heavy (non-hydrogen) atoms. The van der Waals surface area contributed by atoms with Crippen LogP contribution in [0.1, 0.15) is 25.6 Å². The molecule has 1 N–H and O–H groups in total. The summed E-state index contributed by atoms with van der Waals surface area (Å²) in [7, 11) is 1.63. The summed E-state index contributed by atoms with van der Waals surface area (Å²) in [5.74, 6) is 0.552. The molecule has 0 saturated heterocycles. The van der Waals surface area contributed by atoms with E-state index in [2.05, 4.69) is 10.2 Å². The minimum absolute atomic E-state index is 0.0577. The molecular formula is C14H20N4O2S. The van der Waals surface area contributed by atoms with Crippen LogP contribution in [0.25, 0.3) is 11.4 Å². The Bertz CT molecular complexity index is 742. The van der Waals surface area contributed by atoms with E-state index >= 15 is 0 Å². The third-order valence-corrected chi connectivity index (χ3v) is 3.67. The Morgan fingerprint density at radius 3 is 2.76 bits per heavy atom. The molecular weight excluding hydrogens is 288 g/mol. The Morgan fingerprint density at radius 2 is 2.14 bits per heavy atom. The summed E-state index contributed by atoms with van der Waals surface area (Å²) in [5, 5.41) is 6.95. The highest BCUT2D eigenvalue weighted by Crippen LogP contribution is 2.16. The molecule has 0 aromatic carbocycles. The van der Waals surface area contributed by atoms with Crippen LogP contribution in [0, 0.1) is 11.7 Å². The van der Waals surface area contributed by atoms with Gasteiger partial charge in [0.2, 0.25) is 0 Å². The van der Waals surface area contributed by atoms with Gasteiger partial charge in [-0.1, -0.05) is 0 Å². The smallest absolute Gasteiger partial charge is 0.262 e. The van der Waals surface area contributed by atoms with Crippen molar-refractivity contribution in [1.29, 1.82) is 0 Å². The summed E-state index contributed by atoms with van der Waals surface area (Å²) in [4.78, 5) is 12.7. The number of nitrogens with one attached hydrogen (secondary N) is 1. The zero-order valence-electron chi connectivity index (χ0n) is 12.7. The Kier molecular flexibility index (Phi) is 4.74. The third kappa shape index (κ3) is 2.98. The Hall–Kier alpha value is -1.73. The molecule has 2 aromatic rings. The summed E-state index contributed by atoms with van der Waals surface area (Å²) in [6.45, 7) is 6.95. The van der Waals surface area contributed by atoms with Crippen molar-refractivity contribution in [1.82, 2.24) is 19.3 Å². The van der Waals surface area contributed by atoms with Crippen LogP contribution >= 0.6 is 12.2 Å². The number of aryl methyl sites for hydroxylation is 1. The highest BCUT2D eigenvalue weighted by Gasteiger charge is 2.16. The molecule has 0 aliphatic rings. The number of hydrogen-bond donors (Lipinski definition) is 1. The summed E-state index contributed by atoms with van der Waals surface area (Å²) < 4.78 is 9.11. The van der Waals surface area contributed by atoms with Crippen LogP contribution < -0.4 is 5.56 Å². The van der Waals surface area contributed by atoms with Crippen molar-refractivity contribution < 1.29 is 4.74 Å². The summed E-state index contributed by atoms with van der Waals surface area (Å²) in [6.07, 6.45) is 0. The summed E-state index contributed by atoms with van der Waals surface area (Å²) in [5.41, 5.74) is 1.41. The minimum atomic E-state index is -0.0577. The lowest BCUT2D eigenvalue weighted by Gasteiger charge is -2.15. The number of pyridine rings is 1. The fourth-order valence-electron chi connectivity index (χ4n) is 2.37. The zero-order chi connectivity index (χ0) is 15.6. The van der Waals surface area contributed by atoms with Gasteiger partial charge in [-0.3, -0.25) is 14.5 Å². The van der Waals surface area contributed by atoms with Gasteiger partial charge in [-0.2, -0.15) is 5.10 Å². The van der Waals surface area contributed by atoms with Crippen LogP contribution in [0.15, 0.2) is 16.9 Å². The standard InChI is InChI=1S/C14H20N4O2S/c1-9(2)18-10(3)5-6-11(13(18)19)12-15-16-14(21)17(12)7-8-20-4/h5-6,9H,7-8H2,1-4H3,(H,16,21). The van der Waals surface area contributed by atoms with Crippen molar-refractivity contribution in [3.05, 3.63) is 33.0 Å². The molecule has 2 heterocycles. The number of aromatic amines is 1. The quantitative estimate of drug-likeness (QED) is 0.861. The molecule has 2 aromatic heterocycles. The van der Waals surface area contributed by atoms with Crippen molar-refractivity contribution in [2.24, 2.45) is 0 Å². The molecule has 114 valence electrons. The van der Waals surface area contributed by atoms with Crippen LogP contribution in [0.3, 0.4) is 0 Å². The second-order valence-electron chi connectivity index (χ2n) is 5.15. The second-order valence-corrected chi connectivity index (χ2v) is 5.54. The number of aromatic nitrogens is 4. The van der Waals surface area contributed by atoms with E-state index in [9.17, 15) is 4.79 Å². The zero-order valence-corrected chi connectivity index (χ0v) is 13.5. The Balaban J connectivity index is 2.61. The van der Waals surface area contributed by atoms with Crippen molar-refractivity contribution >= 4 is 12.2 Å². The van der Waals surface area contributed by atoms with Crippen LogP contribution in [0.5, 0.6) is 0 Å². The van der Waals surface area contributed by atoms with Crippen LogP contribution in [0.2, 0.25) is 0 Å². The molecule has 0 aliphatic heterocycles. The van der Waals surface area contributed by atoms with Gasteiger partial charge < -0.3 is 9.30 Å². The van der Waals surface area contributed by atoms with E-state index < -0.39 is 0 Å². The number of H-pyrrole nitrogens is 1. The average molecular weight is 308 g/mol. The fourth-order valence-corrected chi connectivity index (χ4v) is 2.59. The van der Waals surface area contributed by atoms with Gasteiger partial charge in [-0.25, -0.2) is 0 Å². The van der Waals surface area contributed by atoms with E-state index in [0.717, 1.165) is 5.69 Å². The predicted octanol–water partition coefficient (Wildman–Crippen LogP) is 2.31. The summed E-state index contributed by atoms with van der Waals surface area (Å²) in [6, 6.07) is 3.81. The van der Waals surface area contributed by atoms with Gasteiger partial charge in [0.15, 0.2) is 10.6 Å². The first kappa shape index (κ1) is 15.7. The van der Waals surface area contributed by atoms with Crippen LogP contribution in [-0.4, -0.2) is 33.0 Å². The van der Waals surface area contributed by atoms with E-state index in [4.69, 9.17) is 17.0 Å². The minimum Gasteiger partial charge on any atom is -0.383 e. The number of hydrogen-bond acceptors (Lipinski definition) is 4. The second kappa shape index (κ2) is 6.36. The van der Waals surface area contributed by atoms with Crippen LogP contribution in [0.4, 0.5) is 0 Å². The summed E-state index contributed by atoms with van der Waals surface area (Å²) >= 11 is 5.22. The molecule has 0 atom stereocenters. The lowest BCUT2D eigenvalue weighted by Crippen LogP contribution is -2.26. The molecule has 0 spiro atoms. The van der Waals surface area contributed by atoms with Crippen molar-refractivity contribution in [2.75, 3.05) is 13.7 Å². The molecule has 0 bridgehead atoms. The highest BCUT2D eigenvalue weighted by molar-refractivity contribution is 7.71. The molecule has 0 fully saturated rings. The number of nitrogens with zero attached hydrogens (tertiary/aromatic N) is 3. The Morgan fingerprint density at radius 1 is 1.43 bits per heavy atom. The number of ether oxygens (including phenoxy) is 1. The van der Waals surface area contributed by atoms with Crippen LogP contribution in [-0.2, 0) is 11.3 Å². The molecule has 7 heteroatoms. The lowest BCUT2D eigenvalue weighted by atomic mass is 10.2. The molecule has 0 amide bonds. The van der Waals surface area contributed by atoms with Gasteiger partial charge >= 0.3 is 0 Å². The van der Waals surface area contributed by atoms with Gasteiger partial charge in [-0.05, 0) is 45.1 Å². The predicted molar refractivity (Wildman–Crippen MR) is 84.1 cm³/mol. The third-order valence-electron chi connectivity index (χ3n) is 3.35. The molecule has 0 saturated carbocycles. The normalized spacial score (nSPS) is 11.3. The largest absolute Gasteiger partial charge is 0.383 e. The van der Waals surface area contributed by atoms with Gasteiger partial charge in [0.25, 0.3) is 5.56 Å². The topological polar surface area (TPSA) is 64.8 Å². The van der Waals surface area contributed by atoms with Crippen molar-refractivity contribution in [3.8, 4) is 11.4 Å². The first-order valence-corrected chi connectivity index (χ1v) is 7.24.